The van der Waals surface area contributed by atoms with Gasteiger partial charge in [-0.15, -0.1) is 10.2 Å². The third-order valence-electron chi connectivity index (χ3n) is 6.90. The molecule has 3 heterocycles. The van der Waals surface area contributed by atoms with Crippen molar-refractivity contribution in [3.05, 3.63) is 12.1 Å². The average Bonchev–Trinajstić information content (AvgIpc) is 3.38. The van der Waals surface area contributed by atoms with Crippen molar-refractivity contribution in [3.63, 3.8) is 0 Å². The number of likely N-dealkylation sites (tertiary alicyclic amines) is 1. The lowest BCUT2D eigenvalue weighted by atomic mass is 9.88. The Kier molecular flexibility index (Phi) is 5.79. The number of nitrogens with one attached hydrogen (secondary N) is 1. The summed E-state index contributed by atoms with van der Waals surface area (Å²) in [5, 5.41) is 12.3. The van der Waals surface area contributed by atoms with Crippen molar-refractivity contribution in [2.24, 2.45) is 16.7 Å². The molecule has 156 valence electrons. The van der Waals surface area contributed by atoms with Gasteiger partial charge in [-0.1, -0.05) is 20.8 Å². The lowest BCUT2D eigenvalue weighted by molar-refractivity contribution is 0.122. The fourth-order valence-electron chi connectivity index (χ4n) is 4.66. The van der Waals surface area contributed by atoms with Crippen LogP contribution in [0.1, 0.15) is 46.5 Å². The molecule has 1 N–H and O–H groups in total. The summed E-state index contributed by atoms with van der Waals surface area (Å²) in [6.07, 6.45) is 5.41. The normalized spacial score (nSPS) is 25.1. The first-order chi connectivity index (χ1) is 13.4. The second-order valence-electron chi connectivity index (χ2n) is 10.2. The van der Waals surface area contributed by atoms with Crippen molar-refractivity contribution < 1.29 is 4.74 Å². The molecule has 1 spiro atoms. The standard InChI is InChI=1S/C22H37N5O/c1-21(2,3)6-9-26-10-7-22(8-11-26)16-18(22)17-23-19-4-5-20(25-24-19)27-12-14-28-15-13-27/h4-5,18H,6-17H2,1-3H3,(H,23,24). The van der Waals surface area contributed by atoms with Gasteiger partial charge in [0.15, 0.2) is 5.82 Å². The molecular formula is C22H37N5O. The number of hydrogen-bond acceptors (Lipinski definition) is 6. The van der Waals surface area contributed by atoms with Gasteiger partial charge in [0.05, 0.1) is 13.2 Å². The van der Waals surface area contributed by atoms with Gasteiger partial charge in [-0.3, -0.25) is 0 Å². The average molecular weight is 388 g/mol. The Labute approximate surface area is 170 Å². The van der Waals surface area contributed by atoms with Gasteiger partial charge in [-0.2, -0.15) is 0 Å². The molecule has 3 aliphatic rings. The summed E-state index contributed by atoms with van der Waals surface area (Å²) < 4.78 is 5.40. The van der Waals surface area contributed by atoms with Crippen molar-refractivity contribution in [1.29, 1.82) is 0 Å². The van der Waals surface area contributed by atoms with Crippen LogP contribution in [0.4, 0.5) is 11.6 Å². The zero-order valence-corrected chi connectivity index (χ0v) is 17.9. The lowest BCUT2D eigenvalue weighted by Gasteiger charge is -2.34. The van der Waals surface area contributed by atoms with E-state index in [4.69, 9.17) is 4.74 Å². The van der Waals surface area contributed by atoms with E-state index in [2.05, 4.69) is 58.2 Å². The molecule has 0 bridgehead atoms. The number of hydrogen-bond donors (Lipinski definition) is 1. The van der Waals surface area contributed by atoms with Crippen LogP contribution in [0.2, 0.25) is 0 Å². The van der Waals surface area contributed by atoms with Gasteiger partial charge in [0.25, 0.3) is 0 Å². The van der Waals surface area contributed by atoms with Crippen LogP contribution in [-0.2, 0) is 4.74 Å². The molecule has 6 heteroatoms. The summed E-state index contributed by atoms with van der Waals surface area (Å²) in [7, 11) is 0. The van der Waals surface area contributed by atoms with Crippen LogP contribution in [0.3, 0.4) is 0 Å². The molecule has 2 aliphatic heterocycles. The van der Waals surface area contributed by atoms with E-state index in [9.17, 15) is 0 Å². The van der Waals surface area contributed by atoms with Gasteiger partial charge in [-0.05, 0) is 74.2 Å². The van der Waals surface area contributed by atoms with Crippen molar-refractivity contribution >= 4 is 11.6 Å². The van der Waals surface area contributed by atoms with E-state index in [1.165, 1.54) is 45.3 Å². The number of ether oxygens (including phenoxy) is 1. The molecule has 1 unspecified atom stereocenters. The summed E-state index contributed by atoms with van der Waals surface area (Å²) in [5.74, 6) is 2.67. The first kappa shape index (κ1) is 19.9. The zero-order chi connectivity index (χ0) is 19.6. The van der Waals surface area contributed by atoms with E-state index in [0.29, 0.717) is 10.8 Å². The van der Waals surface area contributed by atoms with Crippen LogP contribution in [0, 0.1) is 16.7 Å². The van der Waals surface area contributed by atoms with E-state index in [1.54, 1.807) is 0 Å². The lowest BCUT2D eigenvalue weighted by Crippen LogP contribution is -2.37. The van der Waals surface area contributed by atoms with Crippen LogP contribution in [-0.4, -0.2) is 67.6 Å². The summed E-state index contributed by atoms with van der Waals surface area (Å²) in [6.45, 7) is 15.2. The Morgan fingerprint density at radius 3 is 2.50 bits per heavy atom. The molecule has 2 saturated heterocycles. The van der Waals surface area contributed by atoms with Gasteiger partial charge >= 0.3 is 0 Å². The molecule has 3 fully saturated rings. The molecule has 28 heavy (non-hydrogen) atoms. The van der Waals surface area contributed by atoms with Gasteiger partial charge in [0.2, 0.25) is 0 Å². The summed E-state index contributed by atoms with van der Waals surface area (Å²) in [6, 6.07) is 4.15. The van der Waals surface area contributed by atoms with Crippen LogP contribution >= 0.6 is 0 Å². The molecule has 1 atom stereocenters. The minimum absolute atomic E-state index is 0.444. The molecular weight excluding hydrogens is 350 g/mol. The van der Waals surface area contributed by atoms with Crippen LogP contribution in [0.15, 0.2) is 12.1 Å². The van der Waals surface area contributed by atoms with Crippen LogP contribution in [0.25, 0.3) is 0 Å². The van der Waals surface area contributed by atoms with E-state index in [-0.39, 0.29) is 0 Å². The number of morpholine rings is 1. The maximum Gasteiger partial charge on any atom is 0.151 e. The minimum atomic E-state index is 0.444. The van der Waals surface area contributed by atoms with Gasteiger partial charge < -0.3 is 19.9 Å². The van der Waals surface area contributed by atoms with Crippen molar-refractivity contribution in [1.82, 2.24) is 15.1 Å². The number of anilines is 2. The predicted octanol–water partition coefficient (Wildman–Crippen LogP) is 3.26. The number of piperidine rings is 1. The Bertz CT molecular complexity index is 627. The van der Waals surface area contributed by atoms with Gasteiger partial charge in [0.1, 0.15) is 5.82 Å². The number of aromatic nitrogens is 2. The smallest absolute Gasteiger partial charge is 0.151 e. The highest BCUT2D eigenvalue weighted by Crippen LogP contribution is 2.59. The maximum absolute atomic E-state index is 5.40. The molecule has 1 aromatic rings. The Morgan fingerprint density at radius 1 is 1.11 bits per heavy atom. The van der Waals surface area contributed by atoms with Gasteiger partial charge in [0, 0.05) is 19.6 Å². The fraction of sp³-hybridized carbons (Fsp3) is 0.818. The van der Waals surface area contributed by atoms with Crippen molar-refractivity contribution in [3.8, 4) is 0 Å². The van der Waals surface area contributed by atoms with E-state index in [0.717, 1.165) is 50.4 Å². The van der Waals surface area contributed by atoms with E-state index >= 15 is 0 Å². The molecule has 0 radical (unpaired) electrons. The highest BCUT2D eigenvalue weighted by molar-refractivity contribution is 5.43. The highest BCUT2D eigenvalue weighted by Gasteiger charge is 2.54. The second kappa shape index (κ2) is 8.15. The first-order valence-electron chi connectivity index (χ1n) is 11.1. The number of rotatable bonds is 6. The van der Waals surface area contributed by atoms with Crippen molar-refractivity contribution in [2.75, 3.05) is 62.7 Å². The fourth-order valence-corrected chi connectivity index (χ4v) is 4.66. The van der Waals surface area contributed by atoms with E-state index in [1.807, 2.05) is 0 Å². The molecule has 6 nitrogen and oxygen atoms in total. The quantitative estimate of drug-likeness (QED) is 0.809. The molecule has 1 aromatic heterocycles. The Balaban J connectivity index is 1.19. The zero-order valence-electron chi connectivity index (χ0n) is 17.9. The third-order valence-corrected chi connectivity index (χ3v) is 6.90. The summed E-state index contributed by atoms with van der Waals surface area (Å²) >= 11 is 0. The van der Waals surface area contributed by atoms with Gasteiger partial charge in [-0.25, -0.2) is 0 Å². The Hall–Kier alpha value is -1.40. The largest absolute Gasteiger partial charge is 0.378 e. The molecule has 1 saturated carbocycles. The summed E-state index contributed by atoms with van der Waals surface area (Å²) in [5.41, 5.74) is 1.05. The topological polar surface area (TPSA) is 53.5 Å². The van der Waals surface area contributed by atoms with Crippen molar-refractivity contribution in [2.45, 2.75) is 46.5 Å². The monoisotopic (exact) mass is 387 g/mol. The van der Waals surface area contributed by atoms with Crippen LogP contribution in [0.5, 0.6) is 0 Å². The predicted molar refractivity (Wildman–Crippen MR) is 114 cm³/mol. The maximum atomic E-state index is 5.40. The summed E-state index contributed by atoms with van der Waals surface area (Å²) in [4.78, 5) is 4.92. The third kappa shape index (κ3) is 4.95. The molecule has 0 aromatic carbocycles. The first-order valence-corrected chi connectivity index (χ1v) is 11.1. The molecule has 1 aliphatic carbocycles. The van der Waals surface area contributed by atoms with E-state index < -0.39 is 0 Å². The second-order valence-corrected chi connectivity index (χ2v) is 10.2. The SMILES string of the molecule is CC(C)(C)CCN1CCC2(CC1)CC2CNc1ccc(N2CCOCC2)nn1. The molecule has 4 rings (SSSR count). The minimum Gasteiger partial charge on any atom is -0.378 e. The number of nitrogens with zero attached hydrogens (tertiary/aromatic N) is 4. The highest BCUT2D eigenvalue weighted by atomic mass is 16.5. The Morgan fingerprint density at radius 2 is 1.86 bits per heavy atom. The molecule has 0 amide bonds. The van der Waals surface area contributed by atoms with Crippen LogP contribution < -0.4 is 10.2 Å².